The zero-order valence-electron chi connectivity index (χ0n) is 13.4. The van der Waals surface area contributed by atoms with Crippen molar-refractivity contribution in [3.8, 4) is 0 Å². The van der Waals surface area contributed by atoms with Gasteiger partial charge in [0.1, 0.15) is 11.0 Å². The number of amides is 1. The van der Waals surface area contributed by atoms with Gasteiger partial charge in [-0.3, -0.25) is 9.59 Å². The van der Waals surface area contributed by atoms with Gasteiger partial charge in [0.2, 0.25) is 0 Å². The molecule has 0 saturated heterocycles. The lowest BCUT2D eigenvalue weighted by atomic mass is 10.1. The van der Waals surface area contributed by atoms with Crippen molar-refractivity contribution in [1.29, 1.82) is 0 Å². The van der Waals surface area contributed by atoms with Crippen molar-refractivity contribution in [2.24, 2.45) is 0 Å². The van der Waals surface area contributed by atoms with Gasteiger partial charge < -0.3 is 20.1 Å². The van der Waals surface area contributed by atoms with Gasteiger partial charge in [-0.2, -0.15) is 0 Å². The van der Waals surface area contributed by atoms with Crippen molar-refractivity contribution < 1.29 is 23.9 Å². The third kappa shape index (κ3) is 6.23. The Morgan fingerprint density at radius 3 is 2.52 bits per heavy atom. The van der Waals surface area contributed by atoms with Crippen LogP contribution in [0, 0.1) is 0 Å². The normalized spacial score (nSPS) is 11.4. The fraction of sp³-hybridized carbons (Fsp3) is 0.571. The number of hydrogen-bond donors (Lipinski definition) is 2. The fourth-order valence-corrected chi connectivity index (χ4v) is 2.37. The number of anilines is 1. The minimum atomic E-state index is -0.922. The van der Waals surface area contributed by atoms with E-state index in [0.29, 0.717) is 0 Å². The lowest BCUT2D eigenvalue weighted by Gasteiger charge is -2.16. The number of carbonyl (C=O) groups excluding carboxylic acids is 3. The van der Waals surface area contributed by atoms with E-state index in [0.717, 1.165) is 16.3 Å². The lowest BCUT2D eigenvalue weighted by molar-refractivity contribution is -0.146. The van der Waals surface area contributed by atoms with E-state index < -0.39 is 23.9 Å². The summed E-state index contributed by atoms with van der Waals surface area (Å²) in [7, 11) is 1.72. The Morgan fingerprint density at radius 1 is 1.26 bits per heavy atom. The molecule has 1 atom stereocenters. The zero-order valence-corrected chi connectivity index (χ0v) is 14.2. The molecule has 128 valence electrons. The van der Waals surface area contributed by atoms with Crippen LogP contribution in [0.15, 0.2) is 6.20 Å². The molecule has 0 bridgehead atoms. The van der Waals surface area contributed by atoms with Crippen LogP contribution in [0.3, 0.4) is 0 Å². The van der Waals surface area contributed by atoms with Gasteiger partial charge in [0.05, 0.1) is 19.4 Å². The van der Waals surface area contributed by atoms with Crippen LogP contribution in [-0.2, 0) is 19.1 Å². The molecule has 0 saturated carbocycles. The van der Waals surface area contributed by atoms with Gasteiger partial charge in [-0.05, 0) is 20.3 Å². The van der Waals surface area contributed by atoms with E-state index in [1.807, 2.05) is 0 Å². The van der Waals surface area contributed by atoms with Crippen LogP contribution in [0.4, 0.5) is 5.00 Å². The summed E-state index contributed by atoms with van der Waals surface area (Å²) >= 11 is 1.16. The van der Waals surface area contributed by atoms with Crippen molar-refractivity contribution in [2.75, 3.05) is 25.6 Å². The Balaban J connectivity index is 2.69. The molecule has 0 spiro atoms. The van der Waals surface area contributed by atoms with Crippen LogP contribution in [0.2, 0.25) is 0 Å². The Bertz CT molecular complexity index is 546. The molecule has 0 aliphatic rings. The van der Waals surface area contributed by atoms with Crippen LogP contribution in [0.1, 0.15) is 36.5 Å². The second kappa shape index (κ2) is 9.78. The van der Waals surface area contributed by atoms with Crippen molar-refractivity contribution in [2.45, 2.75) is 32.7 Å². The number of thiazole rings is 1. The molecule has 1 rings (SSSR count). The van der Waals surface area contributed by atoms with Gasteiger partial charge in [0, 0.05) is 13.5 Å². The highest BCUT2D eigenvalue weighted by Crippen LogP contribution is 2.18. The Labute approximate surface area is 138 Å². The molecule has 0 aliphatic heterocycles. The molecular formula is C14H21N3O5S. The first kappa shape index (κ1) is 18.9. The third-order valence-corrected chi connectivity index (χ3v) is 3.78. The largest absolute Gasteiger partial charge is 0.466 e. The molecule has 1 aromatic heterocycles. The van der Waals surface area contributed by atoms with E-state index in [1.165, 1.54) is 6.20 Å². The summed E-state index contributed by atoms with van der Waals surface area (Å²) in [6.45, 7) is 3.82. The van der Waals surface area contributed by atoms with Crippen molar-refractivity contribution in [3.05, 3.63) is 11.2 Å². The minimum Gasteiger partial charge on any atom is -0.466 e. The summed E-state index contributed by atoms with van der Waals surface area (Å²) in [5.74, 6) is -1.50. The number of ether oxygens (including phenoxy) is 2. The maximum atomic E-state index is 12.1. The maximum Gasteiger partial charge on any atom is 0.328 e. The fourth-order valence-electron chi connectivity index (χ4n) is 1.70. The molecule has 9 heteroatoms. The van der Waals surface area contributed by atoms with E-state index in [-0.39, 0.29) is 31.1 Å². The summed E-state index contributed by atoms with van der Waals surface area (Å²) in [5.41, 5.74) is 0. The number of nitrogens with one attached hydrogen (secondary N) is 2. The summed E-state index contributed by atoms with van der Waals surface area (Å²) in [4.78, 5) is 39.5. The summed E-state index contributed by atoms with van der Waals surface area (Å²) < 4.78 is 9.74. The SMILES string of the molecule is CCOC(=O)CC[C@@H](NC(=O)c1ncc(NC)s1)C(=O)OCC. The standard InChI is InChI=1S/C14H21N3O5S/c1-4-21-11(18)7-6-9(14(20)22-5-2)17-12(19)13-16-8-10(15-3)23-13/h8-9,15H,4-7H2,1-3H3,(H,17,19)/t9-/m1/s1. The van der Waals surface area contributed by atoms with Crippen LogP contribution in [-0.4, -0.2) is 49.1 Å². The first-order valence-corrected chi connectivity index (χ1v) is 8.10. The Kier molecular flexibility index (Phi) is 8.03. The number of aromatic nitrogens is 1. The van der Waals surface area contributed by atoms with E-state index in [4.69, 9.17) is 9.47 Å². The lowest BCUT2D eigenvalue weighted by Crippen LogP contribution is -2.42. The average Bonchev–Trinajstić information content (AvgIpc) is 3.00. The second-order valence-corrected chi connectivity index (χ2v) is 5.43. The van der Waals surface area contributed by atoms with Gasteiger partial charge in [0.25, 0.3) is 5.91 Å². The molecule has 0 unspecified atom stereocenters. The van der Waals surface area contributed by atoms with Crippen LogP contribution in [0.5, 0.6) is 0 Å². The van der Waals surface area contributed by atoms with Gasteiger partial charge in [0.15, 0.2) is 5.01 Å². The monoisotopic (exact) mass is 343 g/mol. The van der Waals surface area contributed by atoms with Crippen molar-refractivity contribution >= 4 is 34.2 Å². The third-order valence-electron chi connectivity index (χ3n) is 2.77. The Morgan fingerprint density at radius 2 is 1.96 bits per heavy atom. The van der Waals surface area contributed by atoms with E-state index >= 15 is 0 Å². The van der Waals surface area contributed by atoms with Gasteiger partial charge in [-0.25, -0.2) is 9.78 Å². The van der Waals surface area contributed by atoms with E-state index in [9.17, 15) is 14.4 Å². The van der Waals surface area contributed by atoms with Gasteiger partial charge in [-0.15, -0.1) is 0 Å². The molecule has 0 radical (unpaired) electrons. The molecule has 0 aromatic carbocycles. The van der Waals surface area contributed by atoms with Crippen LogP contribution in [0.25, 0.3) is 0 Å². The van der Waals surface area contributed by atoms with Crippen LogP contribution < -0.4 is 10.6 Å². The van der Waals surface area contributed by atoms with Gasteiger partial charge in [-0.1, -0.05) is 11.3 Å². The highest BCUT2D eigenvalue weighted by atomic mass is 32.1. The predicted octanol–water partition coefficient (Wildman–Crippen LogP) is 1.19. The molecule has 8 nitrogen and oxygen atoms in total. The topological polar surface area (TPSA) is 107 Å². The van der Waals surface area contributed by atoms with Crippen molar-refractivity contribution in [3.63, 3.8) is 0 Å². The smallest absolute Gasteiger partial charge is 0.328 e. The molecule has 23 heavy (non-hydrogen) atoms. The molecular weight excluding hydrogens is 322 g/mol. The first-order valence-electron chi connectivity index (χ1n) is 7.28. The number of hydrogen-bond acceptors (Lipinski definition) is 8. The second-order valence-electron chi connectivity index (χ2n) is 4.40. The molecule has 1 amide bonds. The average molecular weight is 343 g/mol. The van der Waals surface area contributed by atoms with Gasteiger partial charge >= 0.3 is 11.9 Å². The first-order chi connectivity index (χ1) is 11.0. The van der Waals surface area contributed by atoms with Crippen LogP contribution >= 0.6 is 11.3 Å². The highest BCUT2D eigenvalue weighted by Gasteiger charge is 2.25. The van der Waals surface area contributed by atoms with E-state index in [1.54, 1.807) is 20.9 Å². The number of rotatable bonds is 9. The number of carbonyl (C=O) groups is 3. The molecule has 1 heterocycles. The molecule has 2 N–H and O–H groups in total. The molecule has 0 fully saturated rings. The summed E-state index contributed by atoms with van der Waals surface area (Å²) in [6.07, 6.45) is 1.64. The molecule has 0 aliphatic carbocycles. The summed E-state index contributed by atoms with van der Waals surface area (Å²) in [6, 6.07) is -0.922. The zero-order chi connectivity index (χ0) is 17.2. The molecule has 1 aromatic rings. The van der Waals surface area contributed by atoms with E-state index in [2.05, 4.69) is 15.6 Å². The highest BCUT2D eigenvalue weighted by molar-refractivity contribution is 7.17. The minimum absolute atomic E-state index is 0.0111. The number of esters is 2. The number of nitrogens with zero attached hydrogens (tertiary/aromatic N) is 1. The summed E-state index contributed by atoms with van der Waals surface area (Å²) in [5, 5.41) is 6.38. The maximum absolute atomic E-state index is 12.1. The van der Waals surface area contributed by atoms with Crippen molar-refractivity contribution in [1.82, 2.24) is 10.3 Å². The Hall–Kier alpha value is -2.16. The quantitative estimate of drug-likeness (QED) is 0.649. The predicted molar refractivity (Wildman–Crippen MR) is 85.4 cm³/mol.